The molecular formula is C25H32. The highest BCUT2D eigenvalue weighted by molar-refractivity contribution is 5.71. The smallest absolute Gasteiger partial charge is 0.0184 e. The summed E-state index contributed by atoms with van der Waals surface area (Å²) >= 11 is 0. The molecule has 0 saturated heterocycles. The van der Waals surface area contributed by atoms with Gasteiger partial charge in [0, 0.05) is 0 Å². The fourth-order valence-corrected chi connectivity index (χ4v) is 3.91. The molecule has 1 aliphatic carbocycles. The van der Waals surface area contributed by atoms with Gasteiger partial charge in [0.05, 0.1) is 0 Å². The quantitative estimate of drug-likeness (QED) is 0.512. The molecule has 0 spiro atoms. The molecule has 0 heterocycles. The number of rotatable bonds is 6. The van der Waals surface area contributed by atoms with Gasteiger partial charge in [0.1, 0.15) is 0 Å². The summed E-state index contributed by atoms with van der Waals surface area (Å²) in [4.78, 5) is 0. The van der Waals surface area contributed by atoms with Gasteiger partial charge < -0.3 is 0 Å². The van der Waals surface area contributed by atoms with Gasteiger partial charge in [-0.2, -0.15) is 0 Å². The Bertz CT molecular complexity index is 688. The Kier molecular flexibility index (Phi) is 6.13. The first-order valence-electron chi connectivity index (χ1n) is 10.1. The van der Waals surface area contributed by atoms with Crippen molar-refractivity contribution < 1.29 is 0 Å². The minimum Gasteiger partial charge on any atom is -0.0804 e. The van der Waals surface area contributed by atoms with Crippen LogP contribution in [0.15, 0.2) is 54.6 Å². The topological polar surface area (TPSA) is 0 Å². The van der Waals surface area contributed by atoms with E-state index in [0.29, 0.717) is 0 Å². The molecule has 0 aliphatic heterocycles. The average molecular weight is 333 g/mol. The number of allylic oxidation sites excluding steroid dienone is 2. The van der Waals surface area contributed by atoms with Gasteiger partial charge in [-0.3, -0.25) is 0 Å². The first kappa shape index (κ1) is 18.0. The lowest BCUT2D eigenvalue weighted by atomic mass is 9.81. The van der Waals surface area contributed by atoms with Crippen LogP contribution in [0.5, 0.6) is 0 Å². The summed E-state index contributed by atoms with van der Waals surface area (Å²) in [5, 5.41) is 0. The maximum absolute atomic E-state index is 2.50. The number of hydrogen-bond donors (Lipinski definition) is 0. The second kappa shape index (κ2) is 8.52. The van der Waals surface area contributed by atoms with E-state index >= 15 is 0 Å². The van der Waals surface area contributed by atoms with E-state index in [0.717, 1.165) is 18.3 Å². The third-order valence-electron chi connectivity index (χ3n) is 5.90. The van der Waals surface area contributed by atoms with Crippen molar-refractivity contribution in [2.45, 2.75) is 59.3 Å². The fraction of sp³-hybridized carbons (Fsp3) is 0.440. The fourth-order valence-electron chi connectivity index (χ4n) is 3.91. The van der Waals surface area contributed by atoms with E-state index in [1.165, 1.54) is 54.4 Å². The van der Waals surface area contributed by atoms with Gasteiger partial charge in [-0.25, -0.2) is 0 Å². The molecule has 0 nitrogen and oxygen atoms in total. The molecule has 2 unspecified atom stereocenters. The first-order chi connectivity index (χ1) is 12.2. The van der Waals surface area contributed by atoms with E-state index in [9.17, 15) is 0 Å². The average Bonchev–Trinajstić information content (AvgIpc) is 2.69. The second-order valence-corrected chi connectivity index (χ2v) is 7.75. The maximum atomic E-state index is 2.50. The number of aryl methyl sites for hydroxylation is 1. The highest BCUT2D eigenvalue weighted by atomic mass is 14.2. The Morgan fingerprint density at radius 1 is 0.880 bits per heavy atom. The van der Waals surface area contributed by atoms with E-state index in [1.54, 1.807) is 5.57 Å². The monoisotopic (exact) mass is 332 g/mol. The predicted molar refractivity (Wildman–Crippen MR) is 111 cm³/mol. The highest BCUT2D eigenvalue weighted by Crippen LogP contribution is 2.34. The van der Waals surface area contributed by atoms with E-state index in [2.05, 4.69) is 75.4 Å². The van der Waals surface area contributed by atoms with Crippen LogP contribution in [0.4, 0.5) is 0 Å². The molecule has 0 heteroatoms. The van der Waals surface area contributed by atoms with Crippen LogP contribution in [-0.4, -0.2) is 0 Å². The van der Waals surface area contributed by atoms with E-state index in [1.807, 2.05) is 0 Å². The molecule has 1 aliphatic rings. The Balaban J connectivity index is 1.66. The molecule has 3 rings (SSSR count). The van der Waals surface area contributed by atoms with Crippen molar-refractivity contribution in [3.8, 4) is 11.1 Å². The van der Waals surface area contributed by atoms with Crippen molar-refractivity contribution in [2.75, 3.05) is 0 Å². The van der Waals surface area contributed by atoms with Crippen LogP contribution in [0.1, 0.15) is 64.0 Å². The molecule has 2 aromatic rings. The van der Waals surface area contributed by atoms with Gasteiger partial charge in [-0.1, -0.05) is 81.8 Å². The summed E-state index contributed by atoms with van der Waals surface area (Å²) in [6.45, 7) is 6.91. The molecule has 2 aromatic carbocycles. The van der Waals surface area contributed by atoms with Crippen LogP contribution >= 0.6 is 0 Å². The summed E-state index contributed by atoms with van der Waals surface area (Å²) in [7, 11) is 0. The van der Waals surface area contributed by atoms with Crippen molar-refractivity contribution in [2.24, 2.45) is 11.8 Å². The molecule has 132 valence electrons. The van der Waals surface area contributed by atoms with Crippen molar-refractivity contribution >= 4 is 5.57 Å². The lowest BCUT2D eigenvalue weighted by Crippen LogP contribution is -2.09. The summed E-state index contributed by atoms with van der Waals surface area (Å²) in [5.41, 5.74) is 7.00. The Morgan fingerprint density at radius 2 is 1.48 bits per heavy atom. The summed E-state index contributed by atoms with van der Waals surface area (Å²) in [5.74, 6) is 1.77. The van der Waals surface area contributed by atoms with Gasteiger partial charge in [0.25, 0.3) is 0 Å². The molecule has 0 amide bonds. The van der Waals surface area contributed by atoms with Crippen molar-refractivity contribution in [1.29, 1.82) is 0 Å². The lowest BCUT2D eigenvalue weighted by molar-refractivity contribution is 0.362. The Hall–Kier alpha value is -1.82. The second-order valence-electron chi connectivity index (χ2n) is 7.75. The van der Waals surface area contributed by atoms with E-state index < -0.39 is 0 Å². The van der Waals surface area contributed by atoms with Gasteiger partial charge in [0.15, 0.2) is 0 Å². The van der Waals surface area contributed by atoms with Crippen LogP contribution in [0, 0.1) is 11.8 Å². The zero-order chi connectivity index (χ0) is 17.6. The maximum Gasteiger partial charge on any atom is -0.0184 e. The molecule has 0 radical (unpaired) electrons. The van der Waals surface area contributed by atoms with Crippen molar-refractivity contribution in [3.63, 3.8) is 0 Å². The molecule has 25 heavy (non-hydrogen) atoms. The molecule has 0 fully saturated rings. The Morgan fingerprint density at radius 3 is 2.00 bits per heavy atom. The SMILES string of the molecule is CCc1ccc(-c2ccc(C3=CCC(CC(C)CC)CC3)cc2)cc1. The molecule has 0 N–H and O–H groups in total. The zero-order valence-electron chi connectivity index (χ0n) is 16.1. The first-order valence-corrected chi connectivity index (χ1v) is 10.1. The molecule has 0 aromatic heterocycles. The summed E-state index contributed by atoms with van der Waals surface area (Å²) < 4.78 is 0. The van der Waals surface area contributed by atoms with Crippen LogP contribution < -0.4 is 0 Å². The number of benzene rings is 2. The third-order valence-corrected chi connectivity index (χ3v) is 5.90. The number of hydrogen-bond acceptors (Lipinski definition) is 0. The van der Waals surface area contributed by atoms with Crippen LogP contribution in [0.3, 0.4) is 0 Å². The summed E-state index contributed by atoms with van der Waals surface area (Å²) in [6.07, 6.45) is 10.2. The highest BCUT2D eigenvalue weighted by Gasteiger charge is 2.17. The van der Waals surface area contributed by atoms with Crippen molar-refractivity contribution in [1.82, 2.24) is 0 Å². The molecular weight excluding hydrogens is 300 g/mol. The van der Waals surface area contributed by atoms with Crippen molar-refractivity contribution in [3.05, 3.63) is 65.7 Å². The van der Waals surface area contributed by atoms with Crippen LogP contribution in [0.2, 0.25) is 0 Å². The summed E-state index contributed by atoms with van der Waals surface area (Å²) in [6, 6.07) is 18.1. The normalized spacial score (nSPS) is 18.7. The van der Waals surface area contributed by atoms with Crippen LogP contribution in [-0.2, 0) is 6.42 Å². The van der Waals surface area contributed by atoms with E-state index in [-0.39, 0.29) is 0 Å². The minimum atomic E-state index is 0.873. The molecule has 0 saturated carbocycles. The Labute approximate surface area is 154 Å². The van der Waals surface area contributed by atoms with E-state index in [4.69, 9.17) is 0 Å². The molecule has 0 bridgehead atoms. The van der Waals surface area contributed by atoms with Gasteiger partial charge in [-0.15, -0.1) is 0 Å². The minimum absolute atomic E-state index is 0.873. The lowest BCUT2D eigenvalue weighted by Gasteiger charge is -2.24. The van der Waals surface area contributed by atoms with Gasteiger partial charge in [-0.05, 0) is 71.8 Å². The molecule has 2 atom stereocenters. The van der Waals surface area contributed by atoms with Crippen LogP contribution in [0.25, 0.3) is 16.7 Å². The van der Waals surface area contributed by atoms with Gasteiger partial charge in [0.2, 0.25) is 0 Å². The third kappa shape index (κ3) is 4.63. The standard InChI is InChI=1S/C25H32/c1-4-19(3)18-21-8-12-23(13-9-21)25-16-14-24(15-17-25)22-10-6-20(5-2)7-11-22/h6-7,10-12,14-17,19,21H,4-5,8-9,13,18H2,1-3H3. The predicted octanol–water partition coefficient (Wildman–Crippen LogP) is 7.54. The van der Waals surface area contributed by atoms with Gasteiger partial charge >= 0.3 is 0 Å². The largest absolute Gasteiger partial charge is 0.0804 e. The zero-order valence-corrected chi connectivity index (χ0v) is 16.1.